The number of H-pyrrole nitrogens is 1. The maximum atomic E-state index is 11.4. The van der Waals surface area contributed by atoms with Crippen LogP contribution in [0, 0.1) is 0 Å². The van der Waals surface area contributed by atoms with Crippen molar-refractivity contribution in [1.29, 1.82) is 0 Å². The minimum Gasteiger partial charge on any atom is -0.477 e. The molecule has 2 aromatic carbocycles. The highest BCUT2D eigenvalue weighted by atomic mass is 35.5. The molecular weight excluding hydrogens is 274 g/mol. The Labute approximate surface area is 120 Å². The van der Waals surface area contributed by atoms with Crippen LogP contribution in [0.4, 0.5) is 0 Å². The molecule has 1 heterocycles. The molecule has 100 valence electrons. The van der Waals surface area contributed by atoms with E-state index >= 15 is 0 Å². The molecule has 3 rings (SSSR count). The van der Waals surface area contributed by atoms with E-state index in [9.17, 15) is 9.90 Å². The molecule has 20 heavy (non-hydrogen) atoms. The minimum absolute atomic E-state index is 0.228. The quantitative estimate of drug-likeness (QED) is 0.761. The third-order valence-corrected chi connectivity index (χ3v) is 3.54. The van der Waals surface area contributed by atoms with E-state index in [4.69, 9.17) is 11.6 Å². The molecule has 0 atom stereocenters. The first-order valence-corrected chi connectivity index (χ1v) is 6.60. The predicted molar refractivity (Wildman–Crippen MR) is 79.5 cm³/mol. The van der Waals surface area contributed by atoms with Gasteiger partial charge in [0.25, 0.3) is 0 Å². The number of fused-ring (bicyclic) bond motifs is 1. The van der Waals surface area contributed by atoms with Gasteiger partial charge in [-0.1, -0.05) is 41.9 Å². The summed E-state index contributed by atoms with van der Waals surface area (Å²) in [6, 6.07) is 15.1. The van der Waals surface area contributed by atoms with Crippen LogP contribution in [0.25, 0.3) is 10.9 Å². The summed E-state index contributed by atoms with van der Waals surface area (Å²) in [5, 5.41) is 10.8. The monoisotopic (exact) mass is 285 g/mol. The molecule has 1 aromatic heterocycles. The highest BCUT2D eigenvalue weighted by molar-refractivity contribution is 6.31. The van der Waals surface area contributed by atoms with Gasteiger partial charge in [-0.2, -0.15) is 0 Å². The zero-order valence-electron chi connectivity index (χ0n) is 10.6. The molecular formula is C16H12ClNO2. The number of rotatable bonds is 3. The van der Waals surface area contributed by atoms with Gasteiger partial charge in [0, 0.05) is 22.3 Å². The number of aromatic nitrogens is 1. The zero-order valence-corrected chi connectivity index (χ0v) is 11.3. The molecule has 0 saturated carbocycles. The number of hydrogen-bond donors (Lipinski definition) is 2. The molecule has 0 fully saturated rings. The summed E-state index contributed by atoms with van der Waals surface area (Å²) >= 11 is 6.02. The van der Waals surface area contributed by atoms with Crippen molar-refractivity contribution < 1.29 is 9.90 Å². The number of benzene rings is 2. The van der Waals surface area contributed by atoms with Gasteiger partial charge < -0.3 is 10.1 Å². The lowest BCUT2D eigenvalue weighted by atomic mass is 10.0. The van der Waals surface area contributed by atoms with Crippen LogP contribution in [0.5, 0.6) is 0 Å². The third kappa shape index (κ3) is 2.28. The van der Waals surface area contributed by atoms with E-state index in [-0.39, 0.29) is 5.69 Å². The van der Waals surface area contributed by atoms with Crippen LogP contribution in [0.1, 0.15) is 21.6 Å². The van der Waals surface area contributed by atoms with E-state index in [1.54, 1.807) is 18.2 Å². The highest BCUT2D eigenvalue weighted by Gasteiger charge is 2.17. The Morgan fingerprint density at radius 1 is 1.15 bits per heavy atom. The molecule has 0 saturated heterocycles. The van der Waals surface area contributed by atoms with E-state index in [1.807, 2.05) is 30.3 Å². The largest absolute Gasteiger partial charge is 0.477 e. The van der Waals surface area contributed by atoms with Crippen LogP contribution in [-0.2, 0) is 6.42 Å². The van der Waals surface area contributed by atoms with Gasteiger partial charge in [-0.25, -0.2) is 4.79 Å². The molecule has 2 N–H and O–H groups in total. The van der Waals surface area contributed by atoms with Crippen molar-refractivity contribution in [2.75, 3.05) is 0 Å². The number of carboxylic acid groups (broad SMARTS) is 1. The summed E-state index contributed by atoms with van der Waals surface area (Å²) in [5.74, 6) is -0.955. The van der Waals surface area contributed by atoms with Crippen LogP contribution in [0.15, 0.2) is 48.5 Å². The molecule has 0 aliphatic carbocycles. The summed E-state index contributed by atoms with van der Waals surface area (Å²) in [7, 11) is 0. The number of hydrogen-bond acceptors (Lipinski definition) is 1. The first-order chi connectivity index (χ1) is 9.65. The van der Waals surface area contributed by atoms with Gasteiger partial charge in [-0.05, 0) is 29.3 Å². The maximum Gasteiger partial charge on any atom is 0.352 e. The number of carbonyl (C=O) groups is 1. The molecule has 0 bridgehead atoms. The standard InChI is InChI=1S/C16H12ClNO2/c17-11-6-7-14-12(9-11)13(15(18-14)16(19)20)8-10-4-2-1-3-5-10/h1-7,9,18H,8H2,(H,19,20). The Bertz CT molecular complexity index is 778. The van der Waals surface area contributed by atoms with Gasteiger partial charge in [0.2, 0.25) is 0 Å². The summed E-state index contributed by atoms with van der Waals surface area (Å²) in [4.78, 5) is 14.4. The fraction of sp³-hybridized carbons (Fsp3) is 0.0625. The second kappa shape index (κ2) is 5.02. The van der Waals surface area contributed by atoms with Gasteiger partial charge in [-0.3, -0.25) is 0 Å². The van der Waals surface area contributed by atoms with Crippen molar-refractivity contribution in [3.63, 3.8) is 0 Å². The van der Waals surface area contributed by atoms with Crippen molar-refractivity contribution in [2.24, 2.45) is 0 Å². The molecule has 0 aliphatic rings. The average Bonchev–Trinajstić information content (AvgIpc) is 2.78. The fourth-order valence-electron chi connectivity index (χ4n) is 2.39. The van der Waals surface area contributed by atoms with E-state index in [1.165, 1.54) is 0 Å². The summed E-state index contributed by atoms with van der Waals surface area (Å²) in [5.41, 5.74) is 2.85. The summed E-state index contributed by atoms with van der Waals surface area (Å²) in [6.45, 7) is 0. The third-order valence-electron chi connectivity index (χ3n) is 3.31. The van der Waals surface area contributed by atoms with Crippen molar-refractivity contribution in [3.05, 3.63) is 70.4 Å². The maximum absolute atomic E-state index is 11.4. The molecule has 3 aromatic rings. The highest BCUT2D eigenvalue weighted by Crippen LogP contribution is 2.27. The topological polar surface area (TPSA) is 53.1 Å². The second-order valence-corrected chi connectivity index (χ2v) is 5.07. The van der Waals surface area contributed by atoms with E-state index < -0.39 is 5.97 Å². The van der Waals surface area contributed by atoms with Gasteiger partial charge in [0.1, 0.15) is 5.69 Å². The molecule has 0 unspecified atom stereocenters. The smallest absolute Gasteiger partial charge is 0.352 e. The van der Waals surface area contributed by atoms with E-state index in [2.05, 4.69) is 4.98 Å². The first-order valence-electron chi connectivity index (χ1n) is 6.22. The number of aromatic carboxylic acids is 1. The number of nitrogens with one attached hydrogen (secondary N) is 1. The van der Waals surface area contributed by atoms with Crippen LogP contribution in [0.2, 0.25) is 5.02 Å². The first kappa shape index (κ1) is 12.8. The lowest BCUT2D eigenvalue weighted by molar-refractivity contribution is 0.0690. The van der Waals surface area contributed by atoms with Gasteiger partial charge >= 0.3 is 5.97 Å². The molecule has 0 spiro atoms. The molecule has 4 heteroatoms. The van der Waals surface area contributed by atoms with E-state index in [0.29, 0.717) is 11.4 Å². The van der Waals surface area contributed by atoms with Crippen LogP contribution in [0.3, 0.4) is 0 Å². The molecule has 0 radical (unpaired) electrons. The van der Waals surface area contributed by atoms with Crippen molar-refractivity contribution in [1.82, 2.24) is 4.98 Å². The predicted octanol–water partition coefficient (Wildman–Crippen LogP) is 4.11. The van der Waals surface area contributed by atoms with Gasteiger partial charge in [0.05, 0.1) is 0 Å². The number of aromatic amines is 1. The van der Waals surface area contributed by atoms with E-state index in [0.717, 1.165) is 22.0 Å². The molecule has 0 amide bonds. The van der Waals surface area contributed by atoms with Crippen molar-refractivity contribution in [2.45, 2.75) is 6.42 Å². The SMILES string of the molecule is O=C(O)c1[nH]c2ccc(Cl)cc2c1Cc1ccccc1. The fourth-order valence-corrected chi connectivity index (χ4v) is 2.56. The second-order valence-electron chi connectivity index (χ2n) is 4.64. The minimum atomic E-state index is -0.955. The Kier molecular flexibility index (Phi) is 3.20. The van der Waals surface area contributed by atoms with Crippen LogP contribution < -0.4 is 0 Å². The Balaban J connectivity index is 2.18. The Morgan fingerprint density at radius 3 is 2.60 bits per heavy atom. The Morgan fingerprint density at radius 2 is 1.90 bits per heavy atom. The van der Waals surface area contributed by atoms with Crippen LogP contribution in [-0.4, -0.2) is 16.1 Å². The lowest BCUT2D eigenvalue weighted by Gasteiger charge is -2.02. The number of carboxylic acids is 1. The lowest BCUT2D eigenvalue weighted by Crippen LogP contribution is -2.01. The normalized spacial score (nSPS) is 10.8. The number of halogens is 1. The Hall–Kier alpha value is -2.26. The summed E-state index contributed by atoms with van der Waals surface area (Å²) in [6.07, 6.45) is 0.558. The van der Waals surface area contributed by atoms with Crippen molar-refractivity contribution in [3.8, 4) is 0 Å². The molecule has 3 nitrogen and oxygen atoms in total. The van der Waals surface area contributed by atoms with Crippen molar-refractivity contribution >= 4 is 28.5 Å². The van der Waals surface area contributed by atoms with Gasteiger partial charge in [-0.15, -0.1) is 0 Å². The average molecular weight is 286 g/mol. The zero-order chi connectivity index (χ0) is 14.1. The van der Waals surface area contributed by atoms with Gasteiger partial charge in [0.15, 0.2) is 0 Å². The summed E-state index contributed by atoms with van der Waals surface area (Å²) < 4.78 is 0. The van der Waals surface area contributed by atoms with Crippen LogP contribution >= 0.6 is 11.6 Å². The molecule has 0 aliphatic heterocycles.